The Bertz CT molecular complexity index is 3500. The van der Waals surface area contributed by atoms with Crippen LogP contribution in [0.4, 0.5) is 0 Å². The van der Waals surface area contributed by atoms with Gasteiger partial charge in [-0.15, -0.1) is 0 Å². The minimum absolute atomic E-state index is 0.709. The average molecular weight is 729 g/mol. The van der Waals surface area contributed by atoms with Crippen LogP contribution in [0.1, 0.15) is 0 Å². The summed E-state index contributed by atoms with van der Waals surface area (Å²) in [5.74, 6) is 1.61. The number of para-hydroxylation sites is 6. The second-order valence-corrected chi connectivity index (χ2v) is 14.5. The average Bonchev–Trinajstić information content (AvgIpc) is 3.93. The number of benzene rings is 8. The third-order valence-corrected chi connectivity index (χ3v) is 11.3. The molecule has 0 fully saturated rings. The summed E-state index contributed by atoms with van der Waals surface area (Å²) in [6, 6.07) is 68.3. The third kappa shape index (κ3) is 4.81. The van der Waals surface area contributed by atoms with Gasteiger partial charge in [0, 0.05) is 44.2 Å². The highest BCUT2D eigenvalue weighted by Crippen LogP contribution is 2.39. The van der Waals surface area contributed by atoms with Gasteiger partial charge in [0.1, 0.15) is 0 Å². The molecule has 6 heteroatoms. The van der Waals surface area contributed by atoms with Crippen LogP contribution >= 0.6 is 0 Å². The molecule has 12 rings (SSSR count). The first kappa shape index (κ1) is 31.5. The number of aromatic nitrogens is 6. The molecule has 0 aliphatic rings. The van der Waals surface area contributed by atoms with Gasteiger partial charge in [-0.05, 0) is 84.4 Å². The van der Waals surface area contributed by atoms with Crippen molar-refractivity contribution < 1.29 is 0 Å². The van der Waals surface area contributed by atoms with Crippen LogP contribution in [0.3, 0.4) is 0 Å². The molecule has 0 radical (unpaired) electrons. The molecule has 4 aromatic heterocycles. The molecule has 4 heterocycles. The standard InChI is InChI=1S/C51H32N6/c1-3-14-33(15-4-1)48-40-19-7-9-21-42(40)52-50(54-48)34-26-29-37(30-27-34)55-44-23-10-8-18-39(44)41-32-35(28-31-45(41)55)38-20-13-22-43-49(38)57-47-25-12-11-24-46(47)56(51(57)53-43)36-16-5-2-6-17-36/h1-32H. The highest BCUT2D eigenvalue weighted by molar-refractivity contribution is 6.11. The van der Waals surface area contributed by atoms with E-state index in [1.165, 1.54) is 10.8 Å². The van der Waals surface area contributed by atoms with Gasteiger partial charge in [-0.25, -0.2) is 15.0 Å². The Labute approximate surface area is 327 Å². The number of nitrogens with zero attached hydrogens (tertiary/aromatic N) is 6. The second kappa shape index (κ2) is 12.3. The molecule has 0 unspecified atom stereocenters. The number of imidazole rings is 2. The van der Waals surface area contributed by atoms with Gasteiger partial charge >= 0.3 is 0 Å². The lowest BCUT2D eigenvalue weighted by molar-refractivity contribution is 1.11. The van der Waals surface area contributed by atoms with Gasteiger partial charge < -0.3 is 4.57 Å². The van der Waals surface area contributed by atoms with E-state index in [1.54, 1.807) is 0 Å². The van der Waals surface area contributed by atoms with Crippen molar-refractivity contribution in [3.63, 3.8) is 0 Å². The zero-order valence-electron chi connectivity index (χ0n) is 30.7. The molecular weight excluding hydrogens is 697 g/mol. The molecule has 8 aromatic carbocycles. The van der Waals surface area contributed by atoms with Crippen molar-refractivity contribution >= 4 is 60.6 Å². The Balaban J connectivity index is 1.01. The maximum Gasteiger partial charge on any atom is 0.220 e. The zero-order chi connectivity index (χ0) is 37.5. The topological polar surface area (TPSA) is 52.9 Å². The summed E-state index contributed by atoms with van der Waals surface area (Å²) in [6.45, 7) is 0. The van der Waals surface area contributed by atoms with Crippen LogP contribution < -0.4 is 0 Å². The summed E-state index contributed by atoms with van der Waals surface area (Å²) in [7, 11) is 0. The van der Waals surface area contributed by atoms with Crippen molar-refractivity contribution in [1.29, 1.82) is 0 Å². The SMILES string of the molecule is c1ccc(-c2nc(-c3ccc(-n4c5ccccc5c5cc(-c6cccc7nc8n(-c9ccccc9)c9ccccc9n8c67)ccc54)cc3)nc3ccccc23)cc1. The molecule has 266 valence electrons. The van der Waals surface area contributed by atoms with Crippen LogP contribution in [0, 0.1) is 0 Å². The Morgan fingerprint density at radius 1 is 0.351 bits per heavy atom. The van der Waals surface area contributed by atoms with Gasteiger partial charge in [-0.1, -0.05) is 115 Å². The number of rotatable bonds is 5. The van der Waals surface area contributed by atoms with E-state index in [0.717, 1.165) is 89.1 Å². The molecular formula is C51H32N6. The smallest absolute Gasteiger partial charge is 0.220 e. The minimum atomic E-state index is 0.709. The number of fused-ring (bicyclic) bond motifs is 9. The van der Waals surface area contributed by atoms with E-state index in [2.05, 4.69) is 189 Å². The van der Waals surface area contributed by atoms with E-state index in [4.69, 9.17) is 15.0 Å². The van der Waals surface area contributed by atoms with Crippen molar-refractivity contribution in [3.8, 4) is 45.1 Å². The molecule has 0 atom stereocenters. The minimum Gasteiger partial charge on any atom is -0.309 e. The quantitative estimate of drug-likeness (QED) is 0.177. The van der Waals surface area contributed by atoms with Crippen LogP contribution in [-0.4, -0.2) is 28.5 Å². The van der Waals surface area contributed by atoms with E-state index in [-0.39, 0.29) is 0 Å². The van der Waals surface area contributed by atoms with Gasteiger partial charge in [0.15, 0.2) is 5.82 Å². The lowest BCUT2D eigenvalue weighted by atomic mass is 10.0. The van der Waals surface area contributed by atoms with Gasteiger partial charge in [-0.3, -0.25) is 8.97 Å². The monoisotopic (exact) mass is 728 g/mol. The molecule has 0 aliphatic heterocycles. The highest BCUT2D eigenvalue weighted by Gasteiger charge is 2.21. The lowest BCUT2D eigenvalue weighted by Gasteiger charge is -2.11. The van der Waals surface area contributed by atoms with Crippen molar-refractivity contribution in [2.45, 2.75) is 0 Å². The van der Waals surface area contributed by atoms with E-state index < -0.39 is 0 Å². The summed E-state index contributed by atoms with van der Waals surface area (Å²) in [4.78, 5) is 15.4. The normalized spacial score (nSPS) is 11.9. The summed E-state index contributed by atoms with van der Waals surface area (Å²) < 4.78 is 6.94. The zero-order valence-corrected chi connectivity index (χ0v) is 30.7. The Morgan fingerprint density at radius 2 is 0.982 bits per heavy atom. The molecule has 0 saturated carbocycles. The predicted molar refractivity (Wildman–Crippen MR) is 233 cm³/mol. The fraction of sp³-hybridized carbons (Fsp3) is 0. The highest BCUT2D eigenvalue weighted by atomic mass is 15.2. The van der Waals surface area contributed by atoms with Crippen LogP contribution in [0.25, 0.3) is 106 Å². The molecule has 0 saturated heterocycles. The summed E-state index contributed by atoms with van der Waals surface area (Å²) in [6.07, 6.45) is 0. The van der Waals surface area contributed by atoms with Gasteiger partial charge in [0.25, 0.3) is 0 Å². The molecule has 0 bridgehead atoms. The first-order valence-corrected chi connectivity index (χ1v) is 19.2. The largest absolute Gasteiger partial charge is 0.309 e. The van der Waals surface area contributed by atoms with Crippen LogP contribution in [0.15, 0.2) is 194 Å². The Morgan fingerprint density at radius 3 is 1.81 bits per heavy atom. The van der Waals surface area contributed by atoms with Crippen LogP contribution in [0.2, 0.25) is 0 Å². The van der Waals surface area contributed by atoms with E-state index >= 15 is 0 Å². The lowest BCUT2D eigenvalue weighted by Crippen LogP contribution is -1.97. The van der Waals surface area contributed by atoms with Gasteiger partial charge in [-0.2, -0.15) is 0 Å². The Hall–Kier alpha value is -7.83. The molecule has 0 spiro atoms. The molecule has 0 amide bonds. The summed E-state index contributed by atoms with van der Waals surface area (Å²) in [5, 5.41) is 3.44. The van der Waals surface area contributed by atoms with E-state index in [1.807, 2.05) is 18.2 Å². The van der Waals surface area contributed by atoms with Crippen LogP contribution in [-0.2, 0) is 0 Å². The summed E-state index contributed by atoms with van der Waals surface area (Å²) in [5.41, 5.74) is 15.0. The molecule has 0 aliphatic carbocycles. The second-order valence-electron chi connectivity index (χ2n) is 14.5. The maximum atomic E-state index is 5.25. The Kier molecular flexibility index (Phi) is 6.83. The number of hydrogen-bond donors (Lipinski definition) is 0. The van der Waals surface area contributed by atoms with Gasteiger partial charge in [0.05, 0.1) is 44.3 Å². The fourth-order valence-electron chi connectivity index (χ4n) is 8.71. The van der Waals surface area contributed by atoms with Crippen molar-refractivity contribution in [2.75, 3.05) is 0 Å². The van der Waals surface area contributed by atoms with Crippen molar-refractivity contribution in [3.05, 3.63) is 194 Å². The first-order chi connectivity index (χ1) is 28.3. The molecule has 6 nitrogen and oxygen atoms in total. The van der Waals surface area contributed by atoms with E-state index in [0.29, 0.717) is 5.82 Å². The number of hydrogen-bond acceptors (Lipinski definition) is 3. The molecule has 57 heavy (non-hydrogen) atoms. The predicted octanol–water partition coefficient (Wildman–Crippen LogP) is 12.5. The van der Waals surface area contributed by atoms with Crippen molar-refractivity contribution in [1.82, 2.24) is 28.5 Å². The maximum absolute atomic E-state index is 5.25. The van der Waals surface area contributed by atoms with Crippen LogP contribution in [0.5, 0.6) is 0 Å². The summed E-state index contributed by atoms with van der Waals surface area (Å²) >= 11 is 0. The molecule has 12 aromatic rings. The molecule has 0 N–H and O–H groups in total. The first-order valence-electron chi connectivity index (χ1n) is 19.2. The third-order valence-electron chi connectivity index (χ3n) is 11.3. The van der Waals surface area contributed by atoms with E-state index in [9.17, 15) is 0 Å². The fourth-order valence-corrected chi connectivity index (χ4v) is 8.71. The van der Waals surface area contributed by atoms with Gasteiger partial charge in [0.2, 0.25) is 5.78 Å². The van der Waals surface area contributed by atoms with Crippen molar-refractivity contribution in [2.24, 2.45) is 0 Å².